The summed E-state index contributed by atoms with van der Waals surface area (Å²) in [7, 11) is 0. The third-order valence-corrected chi connectivity index (χ3v) is 2.71. The lowest BCUT2D eigenvalue weighted by molar-refractivity contribution is 0.290. The number of thiocarbonyl (C=S) groups is 1. The Morgan fingerprint density at radius 1 is 1.35 bits per heavy atom. The number of hydrogen-bond acceptors (Lipinski definition) is 2. The first-order valence-corrected chi connectivity index (χ1v) is 6.28. The molecule has 0 aliphatic heterocycles. The lowest BCUT2D eigenvalue weighted by Gasteiger charge is -2.08. The van der Waals surface area contributed by atoms with Crippen molar-refractivity contribution in [3.8, 4) is 5.75 Å². The van der Waals surface area contributed by atoms with E-state index in [4.69, 9.17) is 22.7 Å². The summed E-state index contributed by atoms with van der Waals surface area (Å²) in [4.78, 5) is 0.193. The maximum atomic E-state index is 13.5. The second-order valence-corrected chi connectivity index (χ2v) is 4.36. The van der Waals surface area contributed by atoms with E-state index in [1.165, 1.54) is 18.9 Å². The average molecular weight is 255 g/mol. The molecular weight excluding hydrogens is 237 g/mol. The van der Waals surface area contributed by atoms with Crippen LogP contribution in [0.5, 0.6) is 5.75 Å². The van der Waals surface area contributed by atoms with Crippen LogP contribution in [0.1, 0.15) is 38.2 Å². The van der Waals surface area contributed by atoms with E-state index in [-0.39, 0.29) is 10.7 Å². The average Bonchev–Trinajstić information content (AvgIpc) is 2.30. The molecule has 0 saturated carbocycles. The molecule has 0 aliphatic carbocycles. The number of ether oxygens (including phenoxy) is 1. The molecular formula is C13H18FNOS. The van der Waals surface area contributed by atoms with Crippen LogP contribution in [-0.4, -0.2) is 11.6 Å². The highest BCUT2D eigenvalue weighted by atomic mass is 32.1. The summed E-state index contributed by atoms with van der Waals surface area (Å²) in [6.07, 6.45) is 4.43. The minimum Gasteiger partial charge on any atom is -0.491 e. The van der Waals surface area contributed by atoms with Crippen LogP contribution in [0.25, 0.3) is 0 Å². The number of halogens is 1. The van der Waals surface area contributed by atoms with Crippen LogP contribution in [-0.2, 0) is 0 Å². The van der Waals surface area contributed by atoms with Gasteiger partial charge in [-0.15, -0.1) is 0 Å². The molecule has 0 spiro atoms. The summed E-state index contributed by atoms with van der Waals surface area (Å²) in [5.74, 6) is -0.146. The number of benzene rings is 1. The highest BCUT2D eigenvalue weighted by Crippen LogP contribution is 2.18. The first kappa shape index (κ1) is 13.9. The molecule has 0 bridgehead atoms. The molecule has 0 atom stereocenters. The third-order valence-electron chi connectivity index (χ3n) is 2.47. The van der Waals surface area contributed by atoms with Gasteiger partial charge in [0.25, 0.3) is 0 Å². The van der Waals surface area contributed by atoms with Gasteiger partial charge < -0.3 is 10.5 Å². The zero-order valence-corrected chi connectivity index (χ0v) is 10.9. The van der Waals surface area contributed by atoms with Gasteiger partial charge in [-0.1, -0.05) is 38.4 Å². The topological polar surface area (TPSA) is 35.2 Å². The van der Waals surface area contributed by atoms with Crippen LogP contribution >= 0.6 is 12.2 Å². The standard InChI is InChI=1S/C13H18FNOS/c1-2-3-4-5-8-16-12-7-6-10(13(15)17)9-11(12)14/h6-7,9H,2-5,8H2,1H3,(H2,15,17). The van der Waals surface area contributed by atoms with E-state index in [1.54, 1.807) is 12.1 Å². The van der Waals surface area contributed by atoms with Crippen molar-refractivity contribution in [2.75, 3.05) is 6.61 Å². The molecule has 0 fully saturated rings. The van der Waals surface area contributed by atoms with Crippen LogP contribution in [0.15, 0.2) is 18.2 Å². The van der Waals surface area contributed by atoms with Crippen LogP contribution in [0, 0.1) is 5.82 Å². The second kappa shape index (κ2) is 7.22. The van der Waals surface area contributed by atoms with Gasteiger partial charge in [-0.3, -0.25) is 0 Å². The fourth-order valence-corrected chi connectivity index (χ4v) is 1.61. The Balaban J connectivity index is 2.46. The summed E-state index contributed by atoms with van der Waals surface area (Å²) in [5, 5.41) is 0. The Labute approximate surface area is 107 Å². The van der Waals surface area contributed by atoms with Crippen molar-refractivity contribution in [1.29, 1.82) is 0 Å². The monoisotopic (exact) mass is 255 g/mol. The van der Waals surface area contributed by atoms with E-state index in [1.807, 2.05) is 0 Å². The van der Waals surface area contributed by atoms with Crippen molar-refractivity contribution in [2.24, 2.45) is 5.73 Å². The Bertz CT molecular complexity index is 382. The minimum absolute atomic E-state index is 0.193. The van der Waals surface area contributed by atoms with Crippen molar-refractivity contribution in [3.63, 3.8) is 0 Å². The molecule has 0 saturated heterocycles. The molecule has 2 N–H and O–H groups in total. The Morgan fingerprint density at radius 2 is 2.12 bits per heavy atom. The largest absolute Gasteiger partial charge is 0.491 e. The van der Waals surface area contributed by atoms with Crippen molar-refractivity contribution in [2.45, 2.75) is 32.6 Å². The van der Waals surface area contributed by atoms with Crippen molar-refractivity contribution < 1.29 is 9.13 Å². The van der Waals surface area contributed by atoms with Crippen molar-refractivity contribution >= 4 is 17.2 Å². The van der Waals surface area contributed by atoms with E-state index < -0.39 is 5.82 Å². The summed E-state index contributed by atoms with van der Waals surface area (Å²) in [6, 6.07) is 4.56. The molecule has 1 aromatic rings. The molecule has 0 heterocycles. The Hall–Kier alpha value is -1.16. The van der Waals surface area contributed by atoms with Crippen LogP contribution < -0.4 is 10.5 Å². The molecule has 4 heteroatoms. The molecule has 0 amide bonds. The first-order chi connectivity index (χ1) is 8.15. The second-order valence-electron chi connectivity index (χ2n) is 3.92. The van der Waals surface area contributed by atoms with E-state index in [9.17, 15) is 4.39 Å². The molecule has 0 aliphatic rings. The maximum Gasteiger partial charge on any atom is 0.165 e. The van der Waals surface area contributed by atoms with Gasteiger partial charge in [-0.2, -0.15) is 0 Å². The Kier molecular flexibility index (Phi) is 5.91. The number of hydrogen-bond donors (Lipinski definition) is 1. The van der Waals surface area contributed by atoms with Crippen LogP contribution in [0.4, 0.5) is 4.39 Å². The lowest BCUT2D eigenvalue weighted by Crippen LogP contribution is -2.10. The molecule has 1 aromatic carbocycles. The molecule has 17 heavy (non-hydrogen) atoms. The molecule has 94 valence electrons. The normalized spacial score (nSPS) is 10.2. The first-order valence-electron chi connectivity index (χ1n) is 5.87. The van der Waals surface area contributed by atoms with Gasteiger partial charge in [0.15, 0.2) is 11.6 Å². The van der Waals surface area contributed by atoms with E-state index in [2.05, 4.69) is 6.92 Å². The highest BCUT2D eigenvalue weighted by Gasteiger charge is 2.05. The van der Waals surface area contributed by atoms with Gasteiger partial charge in [-0.05, 0) is 24.6 Å². The van der Waals surface area contributed by atoms with Gasteiger partial charge >= 0.3 is 0 Å². The van der Waals surface area contributed by atoms with Crippen LogP contribution in [0.3, 0.4) is 0 Å². The Morgan fingerprint density at radius 3 is 2.71 bits per heavy atom. The fraction of sp³-hybridized carbons (Fsp3) is 0.462. The number of nitrogens with two attached hydrogens (primary N) is 1. The highest BCUT2D eigenvalue weighted by molar-refractivity contribution is 7.80. The van der Waals surface area contributed by atoms with Crippen molar-refractivity contribution in [1.82, 2.24) is 0 Å². The number of rotatable bonds is 7. The molecule has 0 unspecified atom stereocenters. The van der Waals surface area contributed by atoms with Gasteiger partial charge in [-0.25, -0.2) is 4.39 Å². The van der Waals surface area contributed by atoms with Gasteiger partial charge in [0.05, 0.1) is 6.61 Å². The minimum atomic E-state index is -0.411. The lowest BCUT2D eigenvalue weighted by atomic mass is 10.2. The van der Waals surface area contributed by atoms with E-state index >= 15 is 0 Å². The summed E-state index contributed by atoms with van der Waals surface area (Å²) < 4.78 is 18.9. The smallest absolute Gasteiger partial charge is 0.165 e. The van der Waals surface area contributed by atoms with Crippen molar-refractivity contribution in [3.05, 3.63) is 29.6 Å². The zero-order valence-electron chi connectivity index (χ0n) is 10.0. The van der Waals surface area contributed by atoms with E-state index in [0.29, 0.717) is 12.2 Å². The molecule has 0 aromatic heterocycles. The van der Waals surface area contributed by atoms with Gasteiger partial charge in [0, 0.05) is 5.56 Å². The summed E-state index contributed by atoms with van der Waals surface area (Å²) in [5.41, 5.74) is 5.94. The van der Waals surface area contributed by atoms with Gasteiger partial charge in [0.2, 0.25) is 0 Å². The SMILES string of the molecule is CCCCCCOc1ccc(C(N)=S)cc1F. The zero-order chi connectivity index (χ0) is 12.7. The molecule has 0 radical (unpaired) electrons. The summed E-state index contributed by atoms with van der Waals surface area (Å²) >= 11 is 4.77. The number of unbranched alkanes of at least 4 members (excludes halogenated alkanes) is 3. The van der Waals surface area contributed by atoms with Crippen LogP contribution in [0.2, 0.25) is 0 Å². The predicted octanol–water partition coefficient (Wildman–Crippen LogP) is 3.42. The summed E-state index contributed by atoms with van der Waals surface area (Å²) in [6.45, 7) is 2.69. The predicted molar refractivity (Wildman–Crippen MR) is 71.9 cm³/mol. The third kappa shape index (κ3) is 4.69. The fourth-order valence-electron chi connectivity index (χ4n) is 1.48. The maximum absolute atomic E-state index is 13.5. The van der Waals surface area contributed by atoms with E-state index in [0.717, 1.165) is 12.8 Å². The molecule has 1 rings (SSSR count). The molecule has 2 nitrogen and oxygen atoms in total. The van der Waals surface area contributed by atoms with Gasteiger partial charge in [0.1, 0.15) is 4.99 Å². The quantitative estimate of drug-likeness (QED) is 0.599.